The van der Waals surface area contributed by atoms with E-state index in [1.165, 1.54) is 30.3 Å². The van der Waals surface area contributed by atoms with Gasteiger partial charge in [0.1, 0.15) is 16.5 Å². The molecule has 1 unspecified atom stereocenters. The summed E-state index contributed by atoms with van der Waals surface area (Å²) < 4.78 is 72.3. The van der Waals surface area contributed by atoms with Crippen molar-refractivity contribution in [2.75, 3.05) is 18.2 Å². The molecule has 2 fully saturated rings. The second kappa shape index (κ2) is 11.2. The Hall–Kier alpha value is -3.32. The number of anilines is 1. The quantitative estimate of drug-likeness (QED) is 0.430. The van der Waals surface area contributed by atoms with E-state index in [0.29, 0.717) is 11.1 Å². The Morgan fingerprint density at radius 2 is 1.78 bits per heavy atom. The Kier molecular flexibility index (Phi) is 7.94. The van der Waals surface area contributed by atoms with Crippen molar-refractivity contribution >= 4 is 43.3 Å². The van der Waals surface area contributed by atoms with Gasteiger partial charge < -0.3 is 15.0 Å². The Morgan fingerprint density at radius 1 is 1.10 bits per heavy atom. The van der Waals surface area contributed by atoms with Crippen LogP contribution < -0.4 is 5.32 Å². The fourth-order valence-electron chi connectivity index (χ4n) is 6.40. The lowest BCUT2D eigenvalue weighted by atomic mass is 9.83. The molecule has 1 N–H and O–H groups in total. The zero-order valence-electron chi connectivity index (χ0n) is 22.7. The highest BCUT2D eigenvalue weighted by atomic mass is 32.2. The number of hydrogen-bond acceptors (Lipinski definition) is 8. The van der Waals surface area contributed by atoms with Crippen LogP contribution in [0.2, 0.25) is 0 Å². The number of sulfone groups is 1. The van der Waals surface area contributed by atoms with Crippen LogP contribution in [0.1, 0.15) is 43.7 Å². The number of benzene rings is 2. The van der Waals surface area contributed by atoms with Crippen molar-refractivity contribution in [3.63, 3.8) is 0 Å². The van der Waals surface area contributed by atoms with Gasteiger partial charge in [0.2, 0.25) is 5.91 Å². The number of esters is 1. The van der Waals surface area contributed by atoms with E-state index in [9.17, 15) is 30.8 Å². The molecule has 4 atom stereocenters. The highest BCUT2D eigenvalue weighted by Crippen LogP contribution is 2.51. The summed E-state index contributed by atoms with van der Waals surface area (Å²) in [5.41, 5.74) is 1.16. The van der Waals surface area contributed by atoms with Crippen LogP contribution in [0.25, 0.3) is 0 Å². The summed E-state index contributed by atoms with van der Waals surface area (Å²) in [7, 11) is -7.61. The third-order valence-electron chi connectivity index (χ3n) is 7.96. The molecular weight excluding hydrogens is 573 g/mol. The van der Waals surface area contributed by atoms with E-state index in [4.69, 9.17) is 4.74 Å². The van der Waals surface area contributed by atoms with Crippen LogP contribution in [0.15, 0.2) is 51.8 Å². The predicted molar refractivity (Wildman–Crippen MR) is 150 cm³/mol. The van der Waals surface area contributed by atoms with Gasteiger partial charge in [-0.25, -0.2) is 12.8 Å². The molecule has 10 nitrogen and oxygen atoms in total. The molecule has 1 aliphatic heterocycles. The van der Waals surface area contributed by atoms with Gasteiger partial charge in [0.15, 0.2) is 9.84 Å². The third-order valence-corrected chi connectivity index (χ3v) is 10.2. The first kappa shape index (κ1) is 29.2. The summed E-state index contributed by atoms with van der Waals surface area (Å²) in [6, 6.07) is 9.54. The lowest BCUT2D eigenvalue weighted by Crippen LogP contribution is -2.50. The van der Waals surface area contributed by atoms with Crippen LogP contribution in [0.5, 0.6) is 0 Å². The lowest BCUT2D eigenvalue weighted by molar-refractivity contribution is -0.154. The average Bonchev–Trinajstić information content (AvgIpc) is 3.50. The minimum absolute atomic E-state index is 0.0813. The Balaban J connectivity index is 1.44. The fourth-order valence-corrected chi connectivity index (χ4v) is 8.38. The Morgan fingerprint density at radius 3 is 2.46 bits per heavy atom. The van der Waals surface area contributed by atoms with E-state index >= 15 is 0 Å². The molecular formula is C28H32FN3O7S2. The number of fused-ring (bicyclic) bond motifs is 3. The summed E-state index contributed by atoms with van der Waals surface area (Å²) in [6.07, 6.45) is 3.19. The molecule has 2 bridgehead atoms. The molecule has 5 rings (SSSR count). The molecule has 0 spiro atoms. The van der Waals surface area contributed by atoms with Gasteiger partial charge in [0, 0.05) is 18.8 Å². The molecule has 3 aliphatic rings. The van der Waals surface area contributed by atoms with Crippen molar-refractivity contribution in [1.82, 2.24) is 4.90 Å². The maximum atomic E-state index is 13.9. The van der Waals surface area contributed by atoms with Gasteiger partial charge in [-0.15, -0.1) is 4.40 Å². The molecule has 13 heteroatoms. The summed E-state index contributed by atoms with van der Waals surface area (Å²) in [4.78, 5) is 28.4. The molecule has 1 heterocycles. The third kappa shape index (κ3) is 6.30. The van der Waals surface area contributed by atoms with Gasteiger partial charge in [-0.3, -0.25) is 9.59 Å². The maximum Gasteiger partial charge on any atom is 0.311 e. The number of sulfonamides is 1. The number of nitrogens with zero attached hydrogens (tertiary/aromatic N) is 2. The maximum absolute atomic E-state index is 13.9. The van der Waals surface area contributed by atoms with Crippen molar-refractivity contribution in [3.05, 3.63) is 59.4 Å². The molecule has 0 radical (unpaired) electrons. The first-order valence-corrected chi connectivity index (χ1v) is 17.0. The summed E-state index contributed by atoms with van der Waals surface area (Å²) in [6.45, 7) is 2.06. The average molecular weight is 606 g/mol. The fraction of sp³-hybridized carbons (Fsp3) is 0.464. The van der Waals surface area contributed by atoms with E-state index in [1.54, 1.807) is 24.0 Å². The summed E-state index contributed by atoms with van der Waals surface area (Å²) >= 11 is 0. The van der Waals surface area contributed by atoms with Gasteiger partial charge in [0.05, 0.1) is 30.4 Å². The monoisotopic (exact) mass is 605 g/mol. The van der Waals surface area contributed by atoms with E-state index in [-0.39, 0.29) is 59.5 Å². The minimum Gasteiger partial charge on any atom is -0.466 e. The van der Waals surface area contributed by atoms with E-state index < -0.39 is 43.5 Å². The number of nitrogens with one attached hydrogen (secondary N) is 1. The van der Waals surface area contributed by atoms with Gasteiger partial charge >= 0.3 is 5.97 Å². The van der Waals surface area contributed by atoms with Crippen LogP contribution in [-0.4, -0.2) is 58.4 Å². The molecule has 0 aromatic heterocycles. The smallest absolute Gasteiger partial charge is 0.311 e. The first-order chi connectivity index (χ1) is 19.3. The van der Waals surface area contributed by atoms with Crippen molar-refractivity contribution < 1.29 is 35.6 Å². The number of carbonyl (C=O) groups excluding carboxylic acids is 2. The van der Waals surface area contributed by atoms with Crippen molar-refractivity contribution in [2.24, 2.45) is 22.2 Å². The highest BCUT2D eigenvalue weighted by Gasteiger charge is 2.54. The van der Waals surface area contributed by atoms with E-state index in [1.807, 2.05) is 0 Å². The number of carbonyl (C=O) groups is 2. The normalized spacial score (nSPS) is 24.2. The summed E-state index contributed by atoms with van der Waals surface area (Å²) in [5, 5.41) is 2.91. The van der Waals surface area contributed by atoms with Gasteiger partial charge in [-0.05, 0) is 73.4 Å². The zero-order chi connectivity index (χ0) is 29.5. The molecule has 220 valence electrons. The van der Waals surface area contributed by atoms with Gasteiger partial charge in [0.25, 0.3) is 10.0 Å². The van der Waals surface area contributed by atoms with Crippen molar-refractivity contribution in [2.45, 2.75) is 55.8 Å². The van der Waals surface area contributed by atoms with Crippen molar-refractivity contribution in [3.8, 4) is 0 Å². The van der Waals surface area contributed by atoms with Crippen LogP contribution in [0, 0.1) is 23.6 Å². The number of hydrogen-bond donors (Lipinski definition) is 1. The largest absolute Gasteiger partial charge is 0.466 e. The molecule has 2 saturated carbocycles. The van der Waals surface area contributed by atoms with E-state index in [0.717, 1.165) is 25.5 Å². The Labute approximate surface area is 239 Å². The van der Waals surface area contributed by atoms with Crippen molar-refractivity contribution in [1.29, 1.82) is 0 Å². The van der Waals surface area contributed by atoms with Crippen LogP contribution in [-0.2, 0) is 46.5 Å². The SMILES string of the molecule is CCOC(=O)C1[C@H]2CC[C@H](C2)[C@@H]1N(Cc1ccc(F)cc1)C(=O)CC1=NS(=O)(=O)c2cc(CS(C)(=O)=O)ccc2N1. The second-order valence-electron chi connectivity index (χ2n) is 11.0. The molecule has 0 saturated heterocycles. The molecule has 2 aromatic rings. The molecule has 2 aliphatic carbocycles. The summed E-state index contributed by atoms with van der Waals surface area (Å²) in [5.74, 6) is -1.94. The second-order valence-corrected chi connectivity index (χ2v) is 14.7. The topological polar surface area (TPSA) is 139 Å². The number of amidine groups is 1. The van der Waals surface area contributed by atoms with Gasteiger partial charge in [-0.1, -0.05) is 18.2 Å². The van der Waals surface area contributed by atoms with Crippen LogP contribution >= 0.6 is 0 Å². The van der Waals surface area contributed by atoms with E-state index in [2.05, 4.69) is 9.71 Å². The number of halogens is 1. The predicted octanol–water partition coefficient (Wildman–Crippen LogP) is 3.28. The number of rotatable bonds is 9. The zero-order valence-corrected chi connectivity index (χ0v) is 24.4. The van der Waals surface area contributed by atoms with Crippen LogP contribution in [0.4, 0.5) is 10.1 Å². The highest BCUT2D eigenvalue weighted by molar-refractivity contribution is 7.90. The van der Waals surface area contributed by atoms with Crippen LogP contribution in [0.3, 0.4) is 0 Å². The van der Waals surface area contributed by atoms with Gasteiger partial charge in [-0.2, -0.15) is 8.42 Å². The molecule has 1 amide bonds. The number of amides is 1. The molecule has 2 aromatic carbocycles. The lowest BCUT2D eigenvalue weighted by Gasteiger charge is -2.39. The Bertz CT molecular complexity index is 1610. The standard InChI is InChI=1S/C28H32FN3O7S2/c1-3-39-28(34)26-19-7-8-20(13-19)27(26)32(15-17-4-9-21(29)10-5-17)25(33)14-24-30-22-11-6-18(16-40(2,35)36)12-23(22)41(37,38)31-24/h4-6,9-12,19-20,26-27H,3,7-8,13-16H2,1-2H3,(H,30,31)/t19-,20+,26?,27-/m0/s1. The number of ether oxygens (including phenoxy) is 1. The first-order valence-electron chi connectivity index (χ1n) is 13.5. The molecule has 41 heavy (non-hydrogen) atoms. The minimum atomic E-state index is -4.22.